The molecule has 0 aliphatic carbocycles. The number of likely N-dealkylation sites (N-methyl/N-ethyl adjacent to an activating group) is 1. The summed E-state index contributed by atoms with van der Waals surface area (Å²) in [5.41, 5.74) is 0. The van der Waals surface area contributed by atoms with Crippen molar-refractivity contribution in [2.24, 2.45) is 0 Å². The molecule has 0 aliphatic heterocycles. The van der Waals surface area contributed by atoms with Crippen LogP contribution in [0.4, 0.5) is 0 Å². The molecular weight excluding hydrogens is 679 g/mol. The van der Waals surface area contributed by atoms with E-state index in [4.69, 9.17) is 14.2 Å². The predicted molar refractivity (Wildman–Crippen MR) is 222 cm³/mol. The van der Waals surface area contributed by atoms with E-state index in [9.17, 15) is 19.5 Å². The van der Waals surface area contributed by atoms with Crippen molar-refractivity contribution in [2.75, 3.05) is 41.0 Å². The van der Waals surface area contributed by atoms with Gasteiger partial charge in [0.05, 0.1) is 40.3 Å². The van der Waals surface area contributed by atoms with Crippen molar-refractivity contribution < 1.29 is 38.2 Å². The van der Waals surface area contributed by atoms with Crippen LogP contribution in [0.2, 0.25) is 0 Å². The highest BCUT2D eigenvalue weighted by Gasteiger charge is 2.25. The molecule has 0 amide bonds. The van der Waals surface area contributed by atoms with E-state index >= 15 is 0 Å². The van der Waals surface area contributed by atoms with E-state index in [1.165, 1.54) is 44.9 Å². The third-order valence-electron chi connectivity index (χ3n) is 9.17. The van der Waals surface area contributed by atoms with E-state index in [-0.39, 0.29) is 42.7 Å². The van der Waals surface area contributed by atoms with Crippen LogP contribution in [-0.4, -0.2) is 75.5 Å². The van der Waals surface area contributed by atoms with Gasteiger partial charge >= 0.3 is 11.9 Å². The number of aliphatic carboxylic acids is 1. The van der Waals surface area contributed by atoms with Gasteiger partial charge in [0.1, 0.15) is 12.6 Å². The van der Waals surface area contributed by atoms with Crippen molar-refractivity contribution in [3.63, 3.8) is 0 Å². The number of rotatable bonds is 37. The van der Waals surface area contributed by atoms with Crippen LogP contribution < -0.4 is 5.11 Å². The smallest absolute Gasteiger partial charge is 0.306 e. The van der Waals surface area contributed by atoms with E-state index in [0.717, 1.165) is 83.5 Å². The Hall–Kier alpha value is -2.97. The Bertz CT molecular complexity index is 1070. The number of quaternary nitrogens is 1. The number of hydrogen-bond donors (Lipinski definition) is 0. The molecule has 0 fully saturated rings. The van der Waals surface area contributed by atoms with Crippen molar-refractivity contribution >= 4 is 17.9 Å². The van der Waals surface area contributed by atoms with Gasteiger partial charge in [-0.2, -0.15) is 0 Å². The molecule has 8 nitrogen and oxygen atoms in total. The quantitative estimate of drug-likeness (QED) is 0.0269. The molecule has 0 N–H and O–H groups in total. The summed E-state index contributed by atoms with van der Waals surface area (Å²) in [7, 11) is 5.39. The highest BCUT2D eigenvalue weighted by atomic mass is 16.6. The Morgan fingerprint density at radius 2 is 1.04 bits per heavy atom. The number of esters is 2. The Morgan fingerprint density at radius 1 is 0.574 bits per heavy atom. The van der Waals surface area contributed by atoms with Gasteiger partial charge in [0.15, 0.2) is 6.10 Å². The summed E-state index contributed by atoms with van der Waals surface area (Å²) in [6, 6.07) is -0.727. The number of carboxylic acid groups (broad SMARTS) is 1. The zero-order valence-corrected chi connectivity index (χ0v) is 35.1. The molecule has 0 spiro atoms. The molecule has 0 aliphatic rings. The average Bonchev–Trinajstić information content (AvgIpc) is 3.12. The number of carboxylic acids is 1. The summed E-state index contributed by atoms with van der Waals surface area (Å²) >= 11 is 0. The highest BCUT2D eigenvalue weighted by Crippen LogP contribution is 2.13. The SMILES string of the molecule is CC/C=C/C/C=C/C/C=C/C/C=C/C/C=C/CCCCCCCCC(=O)OCC(COCCC(C(=O)[O-])[N+](C)(C)C)OC(=O)CCCCCCCCCC. The molecule has 0 aromatic carbocycles. The van der Waals surface area contributed by atoms with Crippen LogP contribution in [0.15, 0.2) is 60.8 Å². The molecule has 310 valence electrons. The van der Waals surface area contributed by atoms with Crippen molar-refractivity contribution in [3.8, 4) is 0 Å². The maximum atomic E-state index is 12.6. The third kappa shape index (κ3) is 34.8. The van der Waals surface area contributed by atoms with Gasteiger partial charge < -0.3 is 28.6 Å². The van der Waals surface area contributed by atoms with Gasteiger partial charge in [0.25, 0.3) is 0 Å². The van der Waals surface area contributed by atoms with Crippen LogP contribution in [0.1, 0.15) is 162 Å². The second-order valence-corrected chi connectivity index (χ2v) is 15.2. The molecular formula is C46H79NO7. The number of hydrogen-bond acceptors (Lipinski definition) is 7. The molecule has 0 rings (SSSR count). The summed E-state index contributed by atoms with van der Waals surface area (Å²) in [6.45, 7) is 4.49. The standard InChI is InChI=1S/C46H79NO7/c1-6-8-10-12-14-16-17-18-19-20-21-22-23-24-25-26-27-28-29-31-32-34-36-44(48)53-41-42(40-52-39-38-43(46(50)51)47(3,4)5)54-45(49)37-35-33-30-15-13-11-9-7-2/h8,10,14,16,18-19,21-22,24-25,42-43H,6-7,9,11-13,15,17,20,23,26-41H2,1-5H3/b10-8+,16-14+,19-18+,22-21+,25-24+. The van der Waals surface area contributed by atoms with Crippen LogP contribution in [0.5, 0.6) is 0 Å². The zero-order chi connectivity index (χ0) is 40.0. The van der Waals surface area contributed by atoms with Gasteiger partial charge in [-0.3, -0.25) is 9.59 Å². The number of ether oxygens (including phenoxy) is 3. The average molecular weight is 758 g/mol. The minimum atomic E-state index is -1.13. The Labute approximate surface area is 330 Å². The van der Waals surface area contributed by atoms with Gasteiger partial charge in [-0.05, 0) is 57.8 Å². The Balaban J connectivity index is 4.26. The number of unbranched alkanes of at least 4 members (excludes halogenated alkanes) is 13. The highest BCUT2D eigenvalue weighted by molar-refractivity contribution is 5.70. The second-order valence-electron chi connectivity index (χ2n) is 15.2. The molecule has 2 atom stereocenters. The van der Waals surface area contributed by atoms with E-state index in [2.05, 4.69) is 74.6 Å². The van der Waals surface area contributed by atoms with Gasteiger partial charge in [-0.15, -0.1) is 0 Å². The minimum absolute atomic E-state index is 0.0347. The zero-order valence-electron chi connectivity index (χ0n) is 35.1. The number of carbonyl (C=O) groups is 3. The largest absolute Gasteiger partial charge is 0.544 e. The van der Waals surface area contributed by atoms with Crippen LogP contribution in [0.3, 0.4) is 0 Å². The topological polar surface area (TPSA) is 102 Å². The fourth-order valence-corrected chi connectivity index (χ4v) is 5.86. The fourth-order valence-electron chi connectivity index (χ4n) is 5.86. The maximum Gasteiger partial charge on any atom is 0.306 e. The molecule has 0 aromatic heterocycles. The molecule has 0 bridgehead atoms. The van der Waals surface area contributed by atoms with Crippen molar-refractivity contribution in [2.45, 2.75) is 174 Å². The van der Waals surface area contributed by atoms with Gasteiger partial charge in [0, 0.05) is 19.3 Å². The number of allylic oxidation sites excluding steroid dienone is 10. The van der Waals surface area contributed by atoms with Crippen LogP contribution >= 0.6 is 0 Å². The second kappa shape index (κ2) is 37.0. The normalized spacial score (nSPS) is 13.6. The summed E-state index contributed by atoms with van der Waals surface area (Å²) in [5, 5.41) is 11.6. The summed E-state index contributed by atoms with van der Waals surface area (Å²) in [5.74, 6) is -1.76. The van der Waals surface area contributed by atoms with E-state index in [1.807, 2.05) is 0 Å². The number of carbonyl (C=O) groups excluding carboxylic acids is 3. The van der Waals surface area contributed by atoms with Gasteiger partial charge in [0.2, 0.25) is 0 Å². The lowest BCUT2D eigenvalue weighted by molar-refractivity contribution is -0.889. The maximum absolute atomic E-state index is 12.6. The van der Waals surface area contributed by atoms with Crippen molar-refractivity contribution in [1.82, 2.24) is 0 Å². The first-order valence-corrected chi connectivity index (χ1v) is 21.3. The molecule has 8 heteroatoms. The van der Waals surface area contributed by atoms with E-state index in [0.29, 0.717) is 12.8 Å². The Kier molecular flexibility index (Phi) is 34.9. The first-order valence-electron chi connectivity index (χ1n) is 21.3. The summed E-state index contributed by atoms with van der Waals surface area (Å²) in [6.07, 6.45) is 44.0. The molecule has 0 aromatic rings. The van der Waals surface area contributed by atoms with E-state index < -0.39 is 18.1 Å². The minimum Gasteiger partial charge on any atom is -0.544 e. The van der Waals surface area contributed by atoms with Gasteiger partial charge in [-0.1, -0.05) is 145 Å². The predicted octanol–water partition coefficient (Wildman–Crippen LogP) is 10.1. The molecule has 54 heavy (non-hydrogen) atoms. The third-order valence-corrected chi connectivity index (χ3v) is 9.17. The lowest BCUT2D eigenvalue weighted by Gasteiger charge is -2.34. The lowest BCUT2D eigenvalue weighted by Crippen LogP contribution is -2.55. The lowest BCUT2D eigenvalue weighted by atomic mass is 10.1. The first kappa shape index (κ1) is 51.0. The Morgan fingerprint density at radius 3 is 1.54 bits per heavy atom. The first-order chi connectivity index (χ1) is 26.1. The van der Waals surface area contributed by atoms with Crippen LogP contribution in [-0.2, 0) is 28.6 Å². The van der Waals surface area contributed by atoms with E-state index in [1.54, 1.807) is 21.1 Å². The molecule has 0 saturated carbocycles. The molecule has 0 radical (unpaired) electrons. The summed E-state index contributed by atoms with van der Waals surface area (Å²) in [4.78, 5) is 36.7. The molecule has 0 saturated heterocycles. The fraction of sp³-hybridized carbons (Fsp3) is 0.717. The van der Waals surface area contributed by atoms with Crippen molar-refractivity contribution in [3.05, 3.63) is 60.8 Å². The number of nitrogens with zero attached hydrogens (tertiary/aromatic N) is 1. The van der Waals surface area contributed by atoms with Crippen LogP contribution in [0.25, 0.3) is 0 Å². The molecule has 2 unspecified atom stereocenters. The molecule has 0 heterocycles. The summed E-state index contributed by atoms with van der Waals surface area (Å²) < 4.78 is 17.1. The van der Waals surface area contributed by atoms with Gasteiger partial charge in [-0.25, -0.2) is 0 Å². The van der Waals surface area contributed by atoms with Crippen molar-refractivity contribution in [1.29, 1.82) is 0 Å². The van der Waals surface area contributed by atoms with Crippen LogP contribution in [0, 0.1) is 0 Å². The monoisotopic (exact) mass is 758 g/mol.